The summed E-state index contributed by atoms with van der Waals surface area (Å²) >= 11 is 0.815. The zero-order valence-corrected chi connectivity index (χ0v) is 7.67. The van der Waals surface area contributed by atoms with E-state index in [1.165, 1.54) is 25.3 Å². The molecule has 0 atom stereocenters. The fourth-order valence-electron chi connectivity index (χ4n) is 0.757. The van der Waals surface area contributed by atoms with Crippen LogP contribution in [0.15, 0.2) is 23.4 Å². The standard InChI is InChI=1S/C8H6N2O2S/c1-6(11)13-8-4-7(5-9)2-3-10(8)12/h2-4H,1H3. The maximum atomic E-state index is 11.1. The number of pyridine rings is 1. The highest BCUT2D eigenvalue weighted by atomic mass is 32.2. The van der Waals surface area contributed by atoms with E-state index >= 15 is 0 Å². The van der Waals surface area contributed by atoms with Gasteiger partial charge in [-0.1, -0.05) is 0 Å². The average Bonchev–Trinajstić information content (AvgIpc) is 2.08. The fraction of sp³-hybridized carbons (Fsp3) is 0.125. The summed E-state index contributed by atoms with van der Waals surface area (Å²) in [7, 11) is 0. The van der Waals surface area contributed by atoms with Crippen molar-refractivity contribution in [1.82, 2.24) is 0 Å². The zero-order chi connectivity index (χ0) is 9.84. The van der Waals surface area contributed by atoms with Crippen LogP contribution in [0.1, 0.15) is 12.5 Å². The normalized spacial score (nSPS) is 9.23. The van der Waals surface area contributed by atoms with Crippen LogP contribution >= 0.6 is 11.8 Å². The van der Waals surface area contributed by atoms with E-state index in [0.29, 0.717) is 10.3 Å². The van der Waals surface area contributed by atoms with Crippen LogP contribution in [0.5, 0.6) is 0 Å². The summed E-state index contributed by atoms with van der Waals surface area (Å²) in [4.78, 5) is 10.7. The average molecular weight is 194 g/mol. The number of nitriles is 1. The fourth-order valence-corrected chi connectivity index (χ4v) is 1.39. The largest absolute Gasteiger partial charge is 0.618 e. The summed E-state index contributed by atoms with van der Waals surface area (Å²) in [6, 6.07) is 4.68. The first kappa shape index (κ1) is 9.55. The number of carbonyl (C=O) groups is 1. The minimum Gasteiger partial charge on any atom is -0.618 e. The van der Waals surface area contributed by atoms with Gasteiger partial charge in [-0.2, -0.15) is 9.99 Å². The number of hydrogen-bond donors (Lipinski definition) is 0. The van der Waals surface area contributed by atoms with Gasteiger partial charge in [0.15, 0.2) is 11.3 Å². The molecule has 5 heteroatoms. The minimum absolute atomic E-state index is 0.181. The van der Waals surface area contributed by atoms with E-state index in [2.05, 4.69) is 0 Å². The van der Waals surface area contributed by atoms with E-state index in [9.17, 15) is 10.0 Å². The lowest BCUT2D eigenvalue weighted by molar-refractivity contribution is -0.645. The molecule has 13 heavy (non-hydrogen) atoms. The Morgan fingerprint density at radius 1 is 1.77 bits per heavy atom. The van der Waals surface area contributed by atoms with Gasteiger partial charge in [0, 0.05) is 30.8 Å². The number of aromatic nitrogens is 1. The summed E-state index contributed by atoms with van der Waals surface area (Å²) in [6.07, 6.45) is 1.21. The third-order valence-electron chi connectivity index (χ3n) is 1.26. The lowest BCUT2D eigenvalue weighted by atomic mass is 10.3. The smallest absolute Gasteiger partial charge is 0.260 e. The molecule has 0 fully saturated rings. The molecule has 0 aliphatic rings. The van der Waals surface area contributed by atoms with E-state index in [4.69, 9.17) is 5.26 Å². The van der Waals surface area contributed by atoms with Crippen LogP contribution < -0.4 is 4.73 Å². The zero-order valence-electron chi connectivity index (χ0n) is 6.85. The van der Waals surface area contributed by atoms with Gasteiger partial charge >= 0.3 is 0 Å². The number of nitrogens with zero attached hydrogens (tertiary/aromatic N) is 2. The summed E-state index contributed by atoms with van der Waals surface area (Å²) < 4.78 is 0.562. The van der Waals surface area contributed by atoms with Gasteiger partial charge < -0.3 is 5.21 Å². The molecule has 0 N–H and O–H groups in total. The van der Waals surface area contributed by atoms with E-state index in [0.717, 1.165) is 11.8 Å². The molecule has 0 aliphatic heterocycles. The summed E-state index contributed by atoms with van der Waals surface area (Å²) in [5.74, 6) is 0. The molecule has 1 rings (SSSR count). The van der Waals surface area contributed by atoms with E-state index < -0.39 is 0 Å². The van der Waals surface area contributed by atoms with E-state index in [-0.39, 0.29) is 10.1 Å². The molecule has 0 radical (unpaired) electrons. The second-order valence-corrected chi connectivity index (χ2v) is 3.48. The van der Waals surface area contributed by atoms with Crippen molar-refractivity contribution in [1.29, 1.82) is 5.26 Å². The Morgan fingerprint density at radius 3 is 3.00 bits per heavy atom. The topological polar surface area (TPSA) is 67.8 Å². The molecular weight excluding hydrogens is 188 g/mol. The highest BCUT2D eigenvalue weighted by Crippen LogP contribution is 2.14. The molecular formula is C8H6N2O2S. The monoisotopic (exact) mass is 194 g/mol. The highest BCUT2D eigenvalue weighted by Gasteiger charge is 2.09. The van der Waals surface area contributed by atoms with E-state index in [1.807, 2.05) is 6.07 Å². The number of rotatable bonds is 1. The van der Waals surface area contributed by atoms with Crippen molar-refractivity contribution in [3.05, 3.63) is 29.1 Å². The first-order valence-electron chi connectivity index (χ1n) is 3.45. The van der Waals surface area contributed by atoms with Gasteiger partial charge in [-0.25, -0.2) is 0 Å². The van der Waals surface area contributed by atoms with Gasteiger partial charge in [0.1, 0.15) is 0 Å². The maximum absolute atomic E-state index is 11.1. The Hall–Kier alpha value is -1.54. The van der Waals surface area contributed by atoms with Crippen LogP contribution in [0.25, 0.3) is 0 Å². The molecule has 1 aromatic rings. The molecule has 0 aromatic carbocycles. The second-order valence-electron chi connectivity index (χ2n) is 2.28. The van der Waals surface area contributed by atoms with Crippen LogP contribution in [-0.2, 0) is 4.79 Å². The maximum Gasteiger partial charge on any atom is 0.260 e. The Morgan fingerprint density at radius 2 is 2.46 bits per heavy atom. The van der Waals surface area contributed by atoms with Crippen molar-refractivity contribution in [2.45, 2.75) is 11.9 Å². The minimum atomic E-state index is -0.181. The van der Waals surface area contributed by atoms with Crippen LogP contribution in [0.2, 0.25) is 0 Å². The SMILES string of the molecule is CC(=O)Sc1cc(C#N)cc[n+]1[O-]. The molecule has 1 aromatic heterocycles. The lowest BCUT2D eigenvalue weighted by Gasteiger charge is -2.00. The number of hydrogen-bond acceptors (Lipinski definition) is 4. The quantitative estimate of drug-likeness (QED) is 0.377. The summed E-state index contributed by atoms with van der Waals surface area (Å²) in [5.41, 5.74) is 0.371. The third-order valence-corrected chi connectivity index (χ3v) is 2.06. The van der Waals surface area contributed by atoms with E-state index in [1.54, 1.807) is 0 Å². The van der Waals surface area contributed by atoms with Gasteiger partial charge in [-0.3, -0.25) is 4.79 Å². The van der Waals surface area contributed by atoms with Crippen molar-refractivity contribution in [2.75, 3.05) is 0 Å². The van der Waals surface area contributed by atoms with Crippen molar-refractivity contribution in [3.8, 4) is 6.07 Å². The molecule has 66 valence electrons. The Balaban J connectivity index is 3.05. The summed E-state index contributed by atoms with van der Waals surface area (Å²) in [6.45, 7) is 1.36. The Kier molecular flexibility index (Phi) is 2.88. The van der Waals surface area contributed by atoms with Crippen molar-refractivity contribution < 1.29 is 9.52 Å². The molecule has 0 saturated carbocycles. The van der Waals surface area contributed by atoms with Crippen LogP contribution in [0, 0.1) is 16.5 Å². The first-order chi connectivity index (χ1) is 6.13. The van der Waals surface area contributed by atoms with Crippen LogP contribution in [-0.4, -0.2) is 5.12 Å². The van der Waals surface area contributed by atoms with Gasteiger partial charge in [0.2, 0.25) is 0 Å². The van der Waals surface area contributed by atoms with Gasteiger partial charge in [-0.05, 0) is 0 Å². The van der Waals surface area contributed by atoms with Gasteiger partial charge in [-0.15, -0.1) is 0 Å². The second kappa shape index (κ2) is 3.92. The molecule has 0 bridgehead atoms. The molecule has 0 aliphatic carbocycles. The molecule has 0 amide bonds. The third kappa shape index (κ3) is 2.46. The predicted octanol–water partition coefficient (Wildman–Crippen LogP) is 0.830. The highest BCUT2D eigenvalue weighted by molar-refractivity contribution is 8.13. The summed E-state index contributed by atoms with van der Waals surface area (Å²) in [5, 5.41) is 19.6. The van der Waals surface area contributed by atoms with Crippen molar-refractivity contribution >= 4 is 16.9 Å². The molecule has 1 heterocycles. The number of thioether (sulfide) groups is 1. The Labute approximate surface area is 79.4 Å². The molecule has 0 unspecified atom stereocenters. The van der Waals surface area contributed by atoms with Crippen molar-refractivity contribution in [2.24, 2.45) is 0 Å². The molecule has 4 nitrogen and oxygen atoms in total. The predicted molar refractivity (Wildman–Crippen MR) is 46.7 cm³/mol. The van der Waals surface area contributed by atoms with Gasteiger partial charge in [0.05, 0.1) is 11.6 Å². The number of carbonyl (C=O) groups excluding carboxylic acids is 1. The van der Waals surface area contributed by atoms with Crippen molar-refractivity contribution in [3.63, 3.8) is 0 Å². The first-order valence-corrected chi connectivity index (χ1v) is 4.27. The molecule has 0 spiro atoms. The van der Waals surface area contributed by atoms with Crippen LogP contribution in [0.3, 0.4) is 0 Å². The van der Waals surface area contributed by atoms with Crippen LogP contribution in [0.4, 0.5) is 0 Å². The Bertz CT molecular complexity index is 384. The lowest BCUT2D eigenvalue weighted by Crippen LogP contribution is -2.28. The van der Waals surface area contributed by atoms with Gasteiger partial charge in [0.25, 0.3) is 5.03 Å². The molecule has 0 saturated heterocycles.